The van der Waals surface area contributed by atoms with E-state index in [1.54, 1.807) is 11.0 Å². The van der Waals surface area contributed by atoms with E-state index in [-0.39, 0.29) is 28.4 Å². The molecule has 0 saturated heterocycles. The Balaban J connectivity index is 2.33. The van der Waals surface area contributed by atoms with Crippen LogP contribution in [0, 0.1) is 16.7 Å². The van der Waals surface area contributed by atoms with Crippen LogP contribution in [0.2, 0.25) is 0 Å². The molecule has 0 aromatic heterocycles. The van der Waals surface area contributed by atoms with E-state index in [0.717, 1.165) is 18.4 Å². The second kappa shape index (κ2) is 4.46. The highest BCUT2D eigenvalue weighted by atomic mass is 16.2. The summed E-state index contributed by atoms with van der Waals surface area (Å²) in [5.74, 6) is 0.444. The Hall–Kier alpha value is -1.12. The highest BCUT2D eigenvalue weighted by molar-refractivity contribution is 6.08. The molecule has 0 aromatic carbocycles. The van der Waals surface area contributed by atoms with E-state index in [0.29, 0.717) is 13.1 Å². The number of hydrogen-bond donors (Lipinski definition) is 0. The molecule has 2 aliphatic rings. The van der Waals surface area contributed by atoms with Crippen molar-refractivity contribution in [1.29, 1.82) is 0 Å². The number of hydrogen-bond acceptors (Lipinski definition) is 2. The number of nitrogens with zero attached hydrogens (tertiary/aromatic N) is 1. The smallest absolute Gasteiger partial charge is 0.246 e. The summed E-state index contributed by atoms with van der Waals surface area (Å²) in [4.78, 5) is 26.6. The number of likely N-dealkylation sites (N-methyl/N-ethyl adjacent to an activating group) is 1. The Morgan fingerprint density at radius 3 is 2.32 bits per heavy atom. The minimum Gasteiger partial charge on any atom is -0.340 e. The molecule has 0 heterocycles. The van der Waals surface area contributed by atoms with Gasteiger partial charge >= 0.3 is 0 Å². The highest BCUT2D eigenvalue weighted by Gasteiger charge is 2.64. The highest BCUT2D eigenvalue weighted by Crippen LogP contribution is 2.65. The second-order valence-electron chi connectivity index (χ2n) is 6.58. The lowest BCUT2D eigenvalue weighted by Crippen LogP contribution is -2.33. The van der Waals surface area contributed by atoms with Gasteiger partial charge in [0.15, 0.2) is 5.78 Å². The van der Waals surface area contributed by atoms with Gasteiger partial charge in [0.2, 0.25) is 5.91 Å². The monoisotopic (exact) mass is 263 g/mol. The van der Waals surface area contributed by atoms with E-state index < -0.39 is 0 Å². The molecular formula is C16H25NO2. The summed E-state index contributed by atoms with van der Waals surface area (Å²) in [5, 5.41) is 0. The molecule has 3 heteroatoms. The topological polar surface area (TPSA) is 37.4 Å². The minimum atomic E-state index is -0.271. The maximum absolute atomic E-state index is 12.6. The van der Waals surface area contributed by atoms with Crippen LogP contribution in [0.5, 0.6) is 0 Å². The van der Waals surface area contributed by atoms with Crippen LogP contribution in [0.3, 0.4) is 0 Å². The fourth-order valence-electron chi connectivity index (χ4n) is 3.85. The van der Waals surface area contributed by atoms with E-state index in [1.807, 2.05) is 13.8 Å². The van der Waals surface area contributed by atoms with E-state index in [9.17, 15) is 9.59 Å². The van der Waals surface area contributed by atoms with Gasteiger partial charge in [0.1, 0.15) is 0 Å². The van der Waals surface area contributed by atoms with Crippen molar-refractivity contribution in [3.63, 3.8) is 0 Å². The fraction of sp³-hybridized carbons (Fsp3) is 0.750. The Bertz CT molecular complexity index is 446. The third-order valence-electron chi connectivity index (χ3n) is 5.72. The summed E-state index contributed by atoms with van der Waals surface area (Å²) < 4.78 is 0. The maximum Gasteiger partial charge on any atom is 0.246 e. The van der Waals surface area contributed by atoms with Crippen LogP contribution >= 0.6 is 0 Å². The number of carbonyl (C=O) groups excluding carboxylic acids is 2. The summed E-state index contributed by atoms with van der Waals surface area (Å²) in [6.07, 6.45) is 3.61. The zero-order valence-electron chi connectivity index (χ0n) is 12.7. The van der Waals surface area contributed by atoms with Crippen molar-refractivity contribution in [3.8, 4) is 0 Å². The van der Waals surface area contributed by atoms with E-state index >= 15 is 0 Å². The molecule has 1 amide bonds. The lowest BCUT2D eigenvalue weighted by Gasteiger charge is -2.31. The zero-order valence-corrected chi connectivity index (χ0v) is 12.7. The molecule has 19 heavy (non-hydrogen) atoms. The Morgan fingerprint density at radius 1 is 1.32 bits per heavy atom. The first-order valence-electron chi connectivity index (χ1n) is 7.35. The molecular weight excluding hydrogens is 238 g/mol. The van der Waals surface area contributed by atoms with Crippen LogP contribution in [-0.2, 0) is 9.59 Å². The van der Waals surface area contributed by atoms with E-state index in [2.05, 4.69) is 20.8 Å². The SMILES string of the molecule is CCN(CC)C(=O)/C=C1/C(=O)[C@@]2(C)CC[C@@H]1C2(C)C. The van der Waals surface area contributed by atoms with E-state index in [1.165, 1.54) is 0 Å². The molecule has 3 nitrogen and oxygen atoms in total. The van der Waals surface area contributed by atoms with Gasteiger partial charge in [0.05, 0.1) is 0 Å². The largest absolute Gasteiger partial charge is 0.340 e. The van der Waals surface area contributed by atoms with Crippen molar-refractivity contribution in [2.75, 3.05) is 13.1 Å². The Morgan fingerprint density at radius 2 is 1.89 bits per heavy atom. The quantitative estimate of drug-likeness (QED) is 0.734. The molecule has 2 fully saturated rings. The normalized spacial score (nSPS) is 34.1. The third kappa shape index (κ3) is 1.78. The minimum absolute atomic E-state index is 0.0136. The molecule has 0 unspecified atom stereocenters. The predicted octanol–water partition coefficient (Wildman–Crippen LogP) is 2.81. The zero-order chi connectivity index (χ0) is 14.4. The number of ketones is 1. The van der Waals surface area contributed by atoms with Gasteiger partial charge in [-0.2, -0.15) is 0 Å². The molecule has 0 radical (unpaired) electrons. The first-order chi connectivity index (χ1) is 8.79. The molecule has 2 atom stereocenters. The standard InChI is InChI=1S/C16H25NO2/c1-6-17(7-2)13(18)10-11-12-8-9-16(5,14(11)19)15(12,3)4/h10,12H,6-9H2,1-5H3/b11-10+/t12-,16+/m0/s1. The molecule has 2 rings (SSSR count). The molecule has 0 aromatic rings. The average molecular weight is 263 g/mol. The number of carbonyl (C=O) groups is 2. The van der Waals surface area contributed by atoms with Crippen LogP contribution in [0.25, 0.3) is 0 Å². The van der Waals surface area contributed by atoms with Gasteiger partial charge in [0, 0.05) is 30.2 Å². The van der Waals surface area contributed by atoms with Crippen LogP contribution in [0.15, 0.2) is 11.6 Å². The maximum atomic E-state index is 12.6. The summed E-state index contributed by atoms with van der Waals surface area (Å²) in [5.41, 5.74) is 0.489. The Kier molecular flexibility index (Phi) is 3.36. The number of amides is 1. The van der Waals surface area contributed by atoms with Gasteiger partial charge in [0.25, 0.3) is 0 Å². The molecule has 0 N–H and O–H groups in total. The first-order valence-corrected chi connectivity index (χ1v) is 7.35. The lowest BCUT2D eigenvalue weighted by molar-refractivity contribution is -0.127. The molecule has 2 bridgehead atoms. The number of Topliss-reactive ketones (excluding diaryl/α,β-unsaturated/α-hetero) is 1. The van der Waals surface area contributed by atoms with Crippen LogP contribution in [0.4, 0.5) is 0 Å². The second-order valence-corrected chi connectivity index (χ2v) is 6.58. The van der Waals surface area contributed by atoms with Gasteiger partial charge in [-0.1, -0.05) is 20.8 Å². The van der Waals surface area contributed by atoms with Crippen LogP contribution in [0.1, 0.15) is 47.5 Å². The first kappa shape index (κ1) is 14.3. The van der Waals surface area contributed by atoms with Gasteiger partial charge in [-0.3, -0.25) is 9.59 Å². The molecule has 2 aliphatic carbocycles. The van der Waals surface area contributed by atoms with Crippen molar-refractivity contribution in [1.82, 2.24) is 4.90 Å². The van der Waals surface area contributed by atoms with Gasteiger partial charge in [-0.05, 0) is 38.0 Å². The lowest BCUT2D eigenvalue weighted by atomic mass is 9.70. The van der Waals surface area contributed by atoms with Crippen molar-refractivity contribution in [3.05, 3.63) is 11.6 Å². The number of allylic oxidation sites excluding steroid dienone is 1. The number of fused-ring (bicyclic) bond motifs is 2. The Labute approximate surface area is 116 Å². The fourth-order valence-corrected chi connectivity index (χ4v) is 3.85. The van der Waals surface area contributed by atoms with Gasteiger partial charge < -0.3 is 4.90 Å². The van der Waals surface area contributed by atoms with Crippen molar-refractivity contribution < 1.29 is 9.59 Å². The van der Waals surface area contributed by atoms with Crippen molar-refractivity contribution in [2.24, 2.45) is 16.7 Å². The summed E-state index contributed by atoms with van der Waals surface area (Å²) in [7, 11) is 0. The summed E-state index contributed by atoms with van der Waals surface area (Å²) in [6, 6.07) is 0. The predicted molar refractivity (Wildman–Crippen MR) is 75.6 cm³/mol. The third-order valence-corrected chi connectivity index (χ3v) is 5.72. The van der Waals surface area contributed by atoms with Gasteiger partial charge in [-0.25, -0.2) is 0 Å². The van der Waals surface area contributed by atoms with Crippen molar-refractivity contribution >= 4 is 11.7 Å². The average Bonchev–Trinajstić information content (AvgIpc) is 2.65. The van der Waals surface area contributed by atoms with Crippen LogP contribution < -0.4 is 0 Å². The summed E-state index contributed by atoms with van der Waals surface area (Å²) >= 11 is 0. The number of rotatable bonds is 3. The van der Waals surface area contributed by atoms with Crippen molar-refractivity contribution in [2.45, 2.75) is 47.5 Å². The molecule has 0 spiro atoms. The van der Waals surface area contributed by atoms with Crippen LogP contribution in [-0.4, -0.2) is 29.7 Å². The van der Waals surface area contributed by atoms with Gasteiger partial charge in [-0.15, -0.1) is 0 Å². The molecule has 106 valence electrons. The summed E-state index contributed by atoms with van der Waals surface area (Å²) in [6.45, 7) is 11.7. The van der Waals surface area contributed by atoms with E-state index in [4.69, 9.17) is 0 Å². The molecule has 0 aliphatic heterocycles. The molecule has 2 saturated carbocycles.